The zero-order chi connectivity index (χ0) is 22.5. The smallest absolute Gasteiger partial charge is 0.251 e. The van der Waals surface area contributed by atoms with Crippen molar-refractivity contribution in [3.63, 3.8) is 0 Å². The minimum atomic E-state index is -0.181. The van der Waals surface area contributed by atoms with E-state index in [4.69, 9.17) is 11.6 Å². The molecule has 1 aliphatic rings. The number of carbonyl (C=O) groups excluding carboxylic acids is 2. The van der Waals surface area contributed by atoms with Crippen LogP contribution in [0.5, 0.6) is 0 Å². The largest absolute Gasteiger partial charge is 0.355 e. The van der Waals surface area contributed by atoms with Crippen molar-refractivity contribution in [1.82, 2.24) is 20.1 Å². The zero-order valence-corrected chi connectivity index (χ0v) is 19.1. The Morgan fingerprint density at radius 1 is 1.06 bits per heavy atom. The third-order valence-electron chi connectivity index (χ3n) is 5.09. The highest BCUT2D eigenvalue weighted by molar-refractivity contribution is 7.99. The normalized spacial score (nSPS) is 13.2. The Bertz CT molecular complexity index is 1110. The van der Waals surface area contributed by atoms with Crippen molar-refractivity contribution < 1.29 is 9.59 Å². The van der Waals surface area contributed by atoms with Crippen molar-refractivity contribution in [3.05, 3.63) is 59.1 Å². The predicted octanol–water partition coefficient (Wildman–Crippen LogP) is 3.61. The fourth-order valence-electron chi connectivity index (χ4n) is 3.50. The van der Waals surface area contributed by atoms with Crippen LogP contribution in [-0.4, -0.2) is 52.5 Å². The fourth-order valence-corrected chi connectivity index (χ4v) is 4.46. The quantitative estimate of drug-likeness (QED) is 0.512. The molecule has 1 aliphatic heterocycles. The van der Waals surface area contributed by atoms with Crippen LogP contribution in [0.25, 0.3) is 5.69 Å². The number of halogens is 1. The van der Waals surface area contributed by atoms with Gasteiger partial charge in [-0.05, 0) is 49.2 Å². The summed E-state index contributed by atoms with van der Waals surface area (Å²) in [4.78, 5) is 26.4. The Hall–Kier alpha value is -3.04. The molecule has 2 amide bonds. The summed E-state index contributed by atoms with van der Waals surface area (Å²) >= 11 is 7.77. The van der Waals surface area contributed by atoms with E-state index in [0.717, 1.165) is 37.6 Å². The monoisotopic (exact) mass is 470 g/mol. The second kappa shape index (κ2) is 10.1. The van der Waals surface area contributed by atoms with Crippen LogP contribution in [0.15, 0.2) is 53.7 Å². The number of para-hydroxylation sites is 1. The Morgan fingerprint density at radius 2 is 1.78 bits per heavy atom. The highest BCUT2D eigenvalue weighted by atomic mass is 35.5. The standard InChI is InChI=1S/C22H23ClN6O2S/c1-24-20(31)15-8-10-16(11-9-15)25-19(30)14-32-22-27-26-21(28-12-4-5-13-28)29(22)18-7-3-2-6-17(18)23/h2-3,6-11H,4-5,12-14H2,1H3,(H,24,31)(H,25,30). The number of anilines is 2. The van der Waals surface area contributed by atoms with Gasteiger partial charge in [-0.2, -0.15) is 0 Å². The van der Waals surface area contributed by atoms with E-state index in [2.05, 4.69) is 25.7 Å². The number of nitrogens with zero attached hydrogens (tertiary/aromatic N) is 4. The first-order valence-electron chi connectivity index (χ1n) is 10.3. The summed E-state index contributed by atoms with van der Waals surface area (Å²) in [7, 11) is 1.58. The number of benzene rings is 2. The maximum absolute atomic E-state index is 12.5. The van der Waals surface area contributed by atoms with E-state index < -0.39 is 0 Å². The van der Waals surface area contributed by atoms with Crippen molar-refractivity contribution in [2.24, 2.45) is 0 Å². The highest BCUT2D eigenvalue weighted by Crippen LogP contribution is 2.31. The molecule has 0 unspecified atom stereocenters. The summed E-state index contributed by atoms with van der Waals surface area (Å²) in [5, 5.41) is 15.4. The number of aromatic nitrogens is 3. The lowest BCUT2D eigenvalue weighted by atomic mass is 10.2. The Labute approximate surface area is 195 Å². The van der Waals surface area contributed by atoms with Gasteiger partial charge in [-0.3, -0.25) is 14.2 Å². The van der Waals surface area contributed by atoms with Gasteiger partial charge in [0.05, 0.1) is 16.5 Å². The van der Waals surface area contributed by atoms with Crippen LogP contribution in [0, 0.1) is 0 Å². The molecule has 2 N–H and O–H groups in total. The lowest BCUT2D eigenvalue weighted by molar-refractivity contribution is -0.113. The van der Waals surface area contributed by atoms with Gasteiger partial charge in [0.25, 0.3) is 5.91 Å². The van der Waals surface area contributed by atoms with E-state index in [-0.39, 0.29) is 17.6 Å². The zero-order valence-electron chi connectivity index (χ0n) is 17.5. The maximum atomic E-state index is 12.5. The molecule has 0 spiro atoms. The van der Waals surface area contributed by atoms with Crippen molar-refractivity contribution >= 4 is 46.8 Å². The van der Waals surface area contributed by atoms with E-state index in [9.17, 15) is 9.59 Å². The van der Waals surface area contributed by atoms with Crippen LogP contribution < -0.4 is 15.5 Å². The van der Waals surface area contributed by atoms with Crippen molar-refractivity contribution in [1.29, 1.82) is 0 Å². The number of thioether (sulfide) groups is 1. The average Bonchev–Trinajstić information content (AvgIpc) is 3.48. The van der Waals surface area contributed by atoms with Crippen LogP contribution in [0.2, 0.25) is 5.02 Å². The molecule has 4 rings (SSSR count). The molecule has 0 bridgehead atoms. The number of hydrogen-bond donors (Lipinski definition) is 2. The molecule has 10 heteroatoms. The molecule has 32 heavy (non-hydrogen) atoms. The van der Waals surface area contributed by atoms with Gasteiger partial charge in [0.15, 0.2) is 5.16 Å². The fraction of sp³-hybridized carbons (Fsp3) is 0.273. The summed E-state index contributed by atoms with van der Waals surface area (Å²) < 4.78 is 1.92. The van der Waals surface area contributed by atoms with Crippen LogP contribution in [-0.2, 0) is 4.79 Å². The molecule has 2 aromatic carbocycles. The number of carbonyl (C=O) groups is 2. The molecular weight excluding hydrogens is 448 g/mol. The first-order chi connectivity index (χ1) is 15.6. The average molecular weight is 471 g/mol. The summed E-state index contributed by atoms with van der Waals surface area (Å²) in [5.74, 6) is 0.535. The third kappa shape index (κ3) is 4.89. The molecule has 166 valence electrons. The molecule has 3 aromatic rings. The summed E-state index contributed by atoms with van der Waals surface area (Å²) in [6.45, 7) is 1.83. The van der Waals surface area contributed by atoms with Crippen molar-refractivity contribution in [2.45, 2.75) is 18.0 Å². The molecule has 1 fully saturated rings. The number of rotatable bonds is 7. The topological polar surface area (TPSA) is 92.2 Å². The Morgan fingerprint density at radius 3 is 2.47 bits per heavy atom. The van der Waals surface area contributed by atoms with E-state index in [0.29, 0.717) is 21.4 Å². The van der Waals surface area contributed by atoms with Gasteiger partial charge in [-0.1, -0.05) is 35.5 Å². The van der Waals surface area contributed by atoms with Gasteiger partial charge < -0.3 is 15.5 Å². The number of amides is 2. The van der Waals surface area contributed by atoms with Crippen LogP contribution in [0.4, 0.5) is 11.6 Å². The molecule has 2 heterocycles. The predicted molar refractivity (Wildman–Crippen MR) is 127 cm³/mol. The minimum Gasteiger partial charge on any atom is -0.355 e. The van der Waals surface area contributed by atoms with E-state index in [1.54, 1.807) is 31.3 Å². The third-order valence-corrected chi connectivity index (χ3v) is 6.34. The first-order valence-corrected chi connectivity index (χ1v) is 11.6. The van der Waals surface area contributed by atoms with Crippen molar-refractivity contribution in [2.75, 3.05) is 36.1 Å². The number of nitrogens with one attached hydrogen (secondary N) is 2. The van der Waals surface area contributed by atoms with Gasteiger partial charge in [0.2, 0.25) is 11.9 Å². The molecule has 0 saturated carbocycles. The van der Waals surface area contributed by atoms with Crippen LogP contribution in [0.3, 0.4) is 0 Å². The van der Waals surface area contributed by atoms with E-state index in [1.165, 1.54) is 11.8 Å². The first kappa shape index (κ1) is 22.2. The second-order valence-electron chi connectivity index (χ2n) is 7.26. The van der Waals surface area contributed by atoms with Crippen LogP contribution >= 0.6 is 23.4 Å². The molecule has 0 aliphatic carbocycles. The SMILES string of the molecule is CNC(=O)c1ccc(NC(=O)CSc2nnc(N3CCCC3)n2-c2ccccc2Cl)cc1. The van der Waals surface area contributed by atoms with E-state index in [1.807, 2.05) is 28.8 Å². The number of hydrogen-bond acceptors (Lipinski definition) is 6. The molecule has 1 saturated heterocycles. The van der Waals surface area contributed by atoms with Gasteiger partial charge in [0.1, 0.15) is 0 Å². The van der Waals surface area contributed by atoms with E-state index >= 15 is 0 Å². The Balaban J connectivity index is 1.49. The maximum Gasteiger partial charge on any atom is 0.251 e. The minimum absolute atomic E-state index is 0.153. The van der Waals surface area contributed by atoms with Crippen molar-refractivity contribution in [3.8, 4) is 5.69 Å². The summed E-state index contributed by atoms with van der Waals surface area (Å²) in [5.41, 5.74) is 1.93. The lowest BCUT2D eigenvalue weighted by Crippen LogP contribution is -2.22. The molecule has 1 aromatic heterocycles. The van der Waals surface area contributed by atoms with Gasteiger partial charge in [0, 0.05) is 31.4 Å². The summed E-state index contributed by atoms with van der Waals surface area (Å²) in [6.07, 6.45) is 2.22. The van der Waals surface area contributed by atoms with Gasteiger partial charge in [-0.25, -0.2) is 0 Å². The molecule has 0 atom stereocenters. The van der Waals surface area contributed by atoms with Gasteiger partial charge >= 0.3 is 0 Å². The molecule has 0 radical (unpaired) electrons. The lowest BCUT2D eigenvalue weighted by Gasteiger charge is -2.19. The molecular formula is C22H23ClN6O2S. The molecule has 8 nitrogen and oxygen atoms in total. The van der Waals surface area contributed by atoms with Crippen LogP contribution in [0.1, 0.15) is 23.2 Å². The summed E-state index contributed by atoms with van der Waals surface area (Å²) in [6, 6.07) is 14.3. The highest BCUT2D eigenvalue weighted by Gasteiger charge is 2.24. The Kier molecular flexibility index (Phi) is 6.96. The van der Waals surface area contributed by atoms with Gasteiger partial charge in [-0.15, -0.1) is 10.2 Å². The second-order valence-corrected chi connectivity index (χ2v) is 8.61.